The van der Waals surface area contributed by atoms with E-state index in [2.05, 4.69) is 15.4 Å². The lowest BCUT2D eigenvalue weighted by molar-refractivity contribution is 0.0933. The van der Waals surface area contributed by atoms with Crippen LogP contribution in [0.5, 0.6) is 11.5 Å². The van der Waals surface area contributed by atoms with E-state index in [0.29, 0.717) is 11.5 Å². The molecule has 1 atom stereocenters. The van der Waals surface area contributed by atoms with Crippen molar-refractivity contribution < 1.29 is 13.9 Å². The van der Waals surface area contributed by atoms with Crippen molar-refractivity contribution in [2.75, 3.05) is 0 Å². The van der Waals surface area contributed by atoms with Crippen LogP contribution in [-0.2, 0) is 0 Å². The molecule has 0 spiro atoms. The number of nitrogens with zero attached hydrogens (tertiary/aromatic N) is 3. The van der Waals surface area contributed by atoms with Crippen LogP contribution in [0.2, 0.25) is 0 Å². The Balaban J connectivity index is 1.52. The molecule has 8 heteroatoms. The molecule has 0 saturated carbocycles. The summed E-state index contributed by atoms with van der Waals surface area (Å²) in [7, 11) is 0. The van der Waals surface area contributed by atoms with Crippen LogP contribution < -0.4 is 15.6 Å². The van der Waals surface area contributed by atoms with Crippen molar-refractivity contribution in [2.24, 2.45) is 0 Å². The first kappa shape index (κ1) is 20.9. The highest BCUT2D eigenvalue weighted by Crippen LogP contribution is 2.24. The monoisotopic (exact) mass is 430 g/mol. The fraction of sp³-hybridized carbons (Fsp3) is 0.0833. The molecule has 2 aromatic heterocycles. The lowest BCUT2D eigenvalue weighted by Gasteiger charge is -2.16. The lowest BCUT2D eigenvalue weighted by atomic mass is 10.1. The van der Waals surface area contributed by atoms with Crippen molar-refractivity contribution in [3.05, 3.63) is 113 Å². The molecule has 0 radical (unpaired) electrons. The third-order valence-corrected chi connectivity index (χ3v) is 4.69. The zero-order valence-corrected chi connectivity index (χ0v) is 17.1. The SMILES string of the molecule is C[C@@H](NC(=O)c1ccc(=O)n(-c2ccccc2F)n1)c1cccc(Oc2cccnc2)c1. The van der Waals surface area contributed by atoms with Gasteiger partial charge in [0.15, 0.2) is 0 Å². The van der Waals surface area contributed by atoms with Gasteiger partial charge in [-0.15, -0.1) is 0 Å². The van der Waals surface area contributed by atoms with Crippen LogP contribution in [0.1, 0.15) is 29.0 Å². The Labute approximate surface area is 183 Å². The number of hydrogen-bond acceptors (Lipinski definition) is 5. The molecular weight excluding hydrogens is 411 g/mol. The number of halogens is 1. The van der Waals surface area contributed by atoms with Crippen LogP contribution in [-0.4, -0.2) is 20.7 Å². The minimum absolute atomic E-state index is 0.0116. The summed E-state index contributed by atoms with van der Waals surface area (Å²) in [6.07, 6.45) is 3.26. The zero-order valence-electron chi connectivity index (χ0n) is 17.1. The average molecular weight is 430 g/mol. The smallest absolute Gasteiger partial charge is 0.272 e. The van der Waals surface area contributed by atoms with Crippen LogP contribution in [0.25, 0.3) is 5.69 Å². The van der Waals surface area contributed by atoms with E-state index < -0.39 is 17.3 Å². The van der Waals surface area contributed by atoms with Crippen molar-refractivity contribution >= 4 is 5.91 Å². The van der Waals surface area contributed by atoms with Crippen LogP contribution >= 0.6 is 0 Å². The van der Waals surface area contributed by atoms with Crippen LogP contribution in [0.15, 0.2) is 90.0 Å². The van der Waals surface area contributed by atoms with Gasteiger partial charge in [-0.2, -0.15) is 9.78 Å². The molecule has 160 valence electrons. The Bertz CT molecular complexity index is 1310. The highest BCUT2D eigenvalue weighted by molar-refractivity contribution is 5.92. The number of hydrogen-bond donors (Lipinski definition) is 1. The average Bonchev–Trinajstić information content (AvgIpc) is 2.81. The molecule has 4 rings (SSSR count). The number of rotatable bonds is 6. The molecule has 2 heterocycles. The van der Waals surface area contributed by atoms with E-state index in [1.165, 1.54) is 30.3 Å². The molecule has 2 aromatic carbocycles. The Hall–Kier alpha value is -4.33. The standard InChI is InChI=1S/C24H19FN4O3/c1-16(17-6-4-7-18(14-17)32-19-8-5-13-26-15-19)27-24(31)21-11-12-23(30)29(28-21)22-10-3-2-9-20(22)25/h2-16H,1H3,(H,27,31)/t16-/m1/s1. The van der Waals surface area contributed by atoms with Gasteiger partial charge in [0.05, 0.1) is 12.2 Å². The minimum atomic E-state index is -0.613. The maximum atomic E-state index is 14.1. The van der Waals surface area contributed by atoms with Gasteiger partial charge in [-0.3, -0.25) is 14.6 Å². The molecular formula is C24H19FN4O3. The first-order valence-electron chi connectivity index (χ1n) is 9.85. The number of carbonyl (C=O) groups excluding carboxylic acids is 1. The summed E-state index contributed by atoms with van der Waals surface area (Å²) in [5, 5.41) is 6.88. The van der Waals surface area contributed by atoms with E-state index in [1.54, 1.807) is 36.7 Å². The van der Waals surface area contributed by atoms with Gasteiger partial charge in [0.25, 0.3) is 11.5 Å². The summed E-state index contributed by atoms with van der Waals surface area (Å²) in [6.45, 7) is 1.81. The summed E-state index contributed by atoms with van der Waals surface area (Å²) in [5.41, 5.74) is 0.227. The molecule has 32 heavy (non-hydrogen) atoms. The lowest BCUT2D eigenvalue weighted by Crippen LogP contribution is -2.31. The maximum Gasteiger partial charge on any atom is 0.272 e. The zero-order chi connectivity index (χ0) is 22.5. The van der Waals surface area contributed by atoms with Gasteiger partial charge in [0, 0.05) is 12.3 Å². The first-order valence-corrected chi connectivity index (χ1v) is 9.85. The van der Waals surface area contributed by atoms with Gasteiger partial charge in [0.2, 0.25) is 0 Å². The summed E-state index contributed by atoms with van der Waals surface area (Å²) < 4.78 is 20.8. The Morgan fingerprint density at radius 2 is 1.84 bits per heavy atom. The predicted molar refractivity (Wildman–Crippen MR) is 116 cm³/mol. The normalized spacial score (nSPS) is 11.6. The first-order chi connectivity index (χ1) is 15.5. The molecule has 0 unspecified atom stereocenters. The van der Waals surface area contributed by atoms with Gasteiger partial charge < -0.3 is 10.1 Å². The number of ether oxygens (including phenoxy) is 1. The molecule has 0 saturated heterocycles. The van der Waals surface area contributed by atoms with E-state index in [1.807, 2.05) is 25.1 Å². The number of carbonyl (C=O) groups is 1. The second-order valence-corrected chi connectivity index (χ2v) is 6.98. The number of amides is 1. The van der Waals surface area contributed by atoms with Crippen LogP contribution in [0, 0.1) is 5.82 Å². The number of para-hydroxylation sites is 1. The topological polar surface area (TPSA) is 86.1 Å². The van der Waals surface area contributed by atoms with Crippen LogP contribution in [0.3, 0.4) is 0 Å². The minimum Gasteiger partial charge on any atom is -0.456 e. The summed E-state index contributed by atoms with van der Waals surface area (Å²) in [4.78, 5) is 28.9. The van der Waals surface area contributed by atoms with E-state index in [4.69, 9.17) is 4.74 Å². The maximum absolute atomic E-state index is 14.1. The van der Waals surface area contributed by atoms with E-state index in [9.17, 15) is 14.0 Å². The highest BCUT2D eigenvalue weighted by Gasteiger charge is 2.16. The molecule has 0 aliphatic rings. The Kier molecular flexibility index (Phi) is 6.03. The predicted octanol–water partition coefficient (Wildman–Crippen LogP) is 4.05. The quantitative estimate of drug-likeness (QED) is 0.499. The Morgan fingerprint density at radius 1 is 1.03 bits per heavy atom. The molecule has 0 bridgehead atoms. The van der Waals surface area contributed by atoms with Crippen LogP contribution in [0.4, 0.5) is 4.39 Å². The molecule has 0 aliphatic carbocycles. The summed E-state index contributed by atoms with van der Waals surface area (Å²) in [6, 6.07) is 18.7. The van der Waals surface area contributed by atoms with Crippen molar-refractivity contribution in [1.29, 1.82) is 0 Å². The largest absolute Gasteiger partial charge is 0.456 e. The molecule has 7 nitrogen and oxygen atoms in total. The second kappa shape index (κ2) is 9.22. The molecule has 0 fully saturated rings. The van der Waals surface area contributed by atoms with Crippen molar-refractivity contribution in [3.8, 4) is 17.2 Å². The van der Waals surface area contributed by atoms with Gasteiger partial charge in [-0.25, -0.2) is 4.39 Å². The fourth-order valence-corrected chi connectivity index (χ4v) is 3.07. The van der Waals surface area contributed by atoms with E-state index in [-0.39, 0.29) is 17.4 Å². The van der Waals surface area contributed by atoms with Gasteiger partial charge in [-0.1, -0.05) is 24.3 Å². The molecule has 0 aliphatic heterocycles. The second-order valence-electron chi connectivity index (χ2n) is 6.98. The number of nitrogens with one attached hydrogen (secondary N) is 1. The molecule has 1 N–H and O–H groups in total. The van der Waals surface area contributed by atoms with Crippen molar-refractivity contribution in [1.82, 2.24) is 20.1 Å². The fourth-order valence-electron chi connectivity index (χ4n) is 3.07. The van der Waals surface area contributed by atoms with E-state index >= 15 is 0 Å². The molecule has 1 amide bonds. The third kappa shape index (κ3) is 4.70. The van der Waals surface area contributed by atoms with E-state index in [0.717, 1.165) is 10.2 Å². The Morgan fingerprint density at radius 3 is 2.62 bits per heavy atom. The van der Waals surface area contributed by atoms with Crippen molar-refractivity contribution in [2.45, 2.75) is 13.0 Å². The number of pyridine rings is 1. The summed E-state index contributed by atoms with van der Waals surface area (Å²) in [5.74, 6) is 0.0865. The summed E-state index contributed by atoms with van der Waals surface area (Å²) >= 11 is 0. The van der Waals surface area contributed by atoms with Gasteiger partial charge in [-0.05, 0) is 55.0 Å². The highest BCUT2D eigenvalue weighted by atomic mass is 19.1. The third-order valence-electron chi connectivity index (χ3n) is 4.69. The van der Waals surface area contributed by atoms with Gasteiger partial charge in [0.1, 0.15) is 28.7 Å². The van der Waals surface area contributed by atoms with Crippen molar-refractivity contribution in [3.63, 3.8) is 0 Å². The molecule has 4 aromatic rings. The number of aromatic nitrogens is 3. The number of benzene rings is 2. The van der Waals surface area contributed by atoms with Gasteiger partial charge >= 0.3 is 0 Å².